The molecule has 4 nitrogen and oxygen atoms in total. The van der Waals surface area contributed by atoms with E-state index >= 15 is 0 Å². The van der Waals surface area contributed by atoms with E-state index in [-0.39, 0.29) is 11.2 Å². The first-order valence-electron chi connectivity index (χ1n) is 7.21. The van der Waals surface area contributed by atoms with Crippen molar-refractivity contribution in [2.75, 3.05) is 5.32 Å². The van der Waals surface area contributed by atoms with Crippen LogP contribution in [0.15, 0.2) is 33.5 Å². The minimum absolute atomic E-state index is 0.0512. The van der Waals surface area contributed by atoms with Crippen LogP contribution in [0.1, 0.15) is 27.2 Å². The van der Waals surface area contributed by atoms with E-state index in [0.717, 1.165) is 15.7 Å². The van der Waals surface area contributed by atoms with Crippen molar-refractivity contribution in [2.24, 2.45) is 0 Å². The topological polar surface area (TPSA) is 54.9 Å². The number of thioether (sulfide) groups is 2. The molecule has 0 spiro atoms. The molecule has 1 N–H and O–H groups in total. The highest BCUT2D eigenvalue weighted by Gasteiger charge is 2.19. The third kappa shape index (κ3) is 5.99. The van der Waals surface area contributed by atoms with Crippen LogP contribution in [-0.2, 0) is 4.79 Å². The Bertz CT molecular complexity index is 646. The Hall–Kier alpha value is -0.760. The minimum atomic E-state index is -0.179. The smallest absolute Gasteiger partial charge is 0.239 e. The third-order valence-electron chi connectivity index (χ3n) is 2.73. The van der Waals surface area contributed by atoms with Crippen LogP contribution in [-0.4, -0.2) is 26.6 Å². The summed E-state index contributed by atoms with van der Waals surface area (Å²) in [5.41, 5.74) is 0. The van der Waals surface area contributed by atoms with Crippen LogP contribution in [0.5, 0.6) is 0 Å². The molecule has 8 heteroatoms. The Morgan fingerprint density at radius 3 is 2.57 bits per heavy atom. The number of halogens is 1. The molecule has 2 aromatic rings. The first kappa shape index (κ1) is 18.6. The number of carbonyl (C=O) groups excluding carboxylic acids is 1. The fraction of sp³-hybridized carbons (Fsp3) is 0.400. The number of aromatic nitrogens is 2. The van der Waals surface area contributed by atoms with Gasteiger partial charge in [-0.25, -0.2) is 0 Å². The molecule has 0 aliphatic carbocycles. The van der Waals surface area contributed by atoms with Crippen LogP contribution in [0.4, 0.5) is 5.13 Å². The van der Waals surface area contributed by atoms with Gasteiger partial charge in [-0.15, -0.1) is 22.0 Å². The number of hydrogen-bond acceptors (Lipinski definition) is 6. The first-order chi connectivity index (χ1) is 11.0. The van der Waals surface area contributed by atoms with E-state index < -0.39 is 0 Å². The summed E-state index contributed by atoms with van der Waals surface area (Å²) in [5, 5.41) is 12.5. The molecule has 1 amide bonds. The number of nitrogens with zero attached hydrogens (tertiary/aromatic N) is 2. The molecule has 1 atom stereocenters. The summed E-state index contributed by atoms with van der Waals surface area (Å²) in [7, 11) is 0. The number of anilines is 1. The number of carbonyl (C=O) groups is 1. The fourth-order valence-corrected chi connectivity index (χ4v) is 4.75. The van der Waals surface area contributed by atoms with Gasteiger partial charge in [-0.3, -0.25) is 10.1 Å². The second-order valence-corrected chi connectivity index (χ2v) is 9.51. The highest BCUT2D eigenvalue weighted by Crippen LogP contribution is 2.30. The molecule has 124 valence electrons. The maximum Gasteiger partial charge on any atom is 0.239 e. The molecular formula is C15H18ClN3OS3. The van der Waals surface area contributed by atoms with Gasteiger partial charge in [0.25, 0.3) is 0 Å². The van der Waals surface area contributed by atoms with Crippen molar-refractivity contribution in [1.82, 2.24) is 10.2 Å². The number of hydrogen-bond donors (Lipinski definition) is 1. The van der Waals surface area contributed by atoms with Gasteiger partial charge in [0, 0.05) is 15.2 Å². The van der Waals surface area contributed by atoms with E-state index in [1.54, 1.807) is 11.8 Å². The van der Waals surface area contributed by atoms with Gasteiger partial charge >= 0.3 is 0 Å². The lowest BCUT2D eigenvalue weighted by Crippen LogP contribution is -2.24. The summed E-state index contributed by atoms with van der Waals surface area (Å²) in [5.74, 6) is -0.0512. The van der Waals surface area contributed by atoms with Gasteiger partial charge in [-0.05, 0) is 30.7 Å². The zero-order valence-electron chi connectivity index (χ0n) is 13.1. The number of nitrogens with one attached hydrogen (secondary N) is 1. The quantitative estimate of drug-likeness (QED) is 0.522. The summed E-state index contributed by atoms with van der Waals surface area (Å²) >= 11 is 10.5. The Labute approximate surface area is 153 Å². The molecule has 0 saturated carbocycles. The normalized spacial score (nSPS) is 12.4. The third-order valence-corrected chi connectivity index (χ3v) is 6.28. The van der Waals surface area contributed by atoms with E-state index in [0.29, 0.717) is 15.4 Å². The van der Waals surface area contributed by atoms with Crippen LogP contribution < -0.4 is 5.32 Å². The van der Waals surface area contributed by atoms with E-state index in [2.05, 4.69) is 29.4 Å². The summed E-state index contributed by atoms with van der Waals surface area (Å²) in [4.78, 5) is 13.4. The van der Waals surface area contributed by atoms with Crippen LogP contribution >= 0.6 is 46.5 Å². The van der Waals surface area contributed by atoms with Gasteiger partial charge in [0.05, 0.1) is 5.25 Å². The highest BCUT2D eigenvalue weighted by molar-refractivity contribution is 8.01. The molecule has 1 aromatic carbocycles. The molecule has 2 rings (SSSR count). The van der Waals surface area contributed by atoms with Crippen molar-refractivity contribution in [3.8, 4) is 0 Å². The van der Waals surface area contributed by atoms with Crippen molar-refractivity contribution in [3.63, 3.8) is 0 Å². The lowest BCUT2D eigenvalue weighted by Gasteiger charge is -2.13. The SMILES string of the molecule is CC[C@@H](Sc1ccc(Cl)cc1)C(=O)Nc1nnc(SC(C)C)s1. The Kier molecular flexibility index (Phi) is 7.20. The van der Waals surface area contributed by atoms with Crippen molar-refractivity contribution in [1.29, 1.82) is 0 Å². The Morgan fingerprint density at radius 2 is 1.96 bits per heavy atom. The van der Waals surface area contributed by atoms with Gasteiger partial charge in [-0.1, -0.05) is 55.5 Å². The maximum absolute atomic E-state index is 12.4. The molecule has 0 saturated heterocycles. The second kappa shape index (κ2) is 8.92. The first-order valence-corrected chi connectivity index (χ1v) is 10.2. The molecular weight excluding hydrogens is 370 g/mol. The van der Waals surface area contributed by atoms with Crippen molar-refractivity contribution in [2.45, 2.75) is 46.9 Å². The average Bonchev–Trinajstić information content (AvgIpc) is 2.92. The molecule has 0 bridgehead atoms. The number of amides is 1. The van der Waals surface area contributed by atoms with E-state index in [1.807, 2.05) is 31.2 Å². The lowest BCUT2D eigenvalue weighted by molar-refractivity contribution is -0.115. The molecule has 23 heavy (non-hydrogen) atoms. The fourth-order valence-electron chi connectivity index (χ4n) is 1.70. The van der Waals surface area contributed by atoms with Crippen molar-refractivity contribution < 1.29 is 4.79 Å². The molecule has 0 fully saturated rings. The zero-order chi connectivity index (χ0) is 16.8. The van der Waals surface area contributed by atoms with Gasteiger partial charge in [-0.2, -0.15) is 0 Å². The summed E-state index contributed by atoms with van der Waals surface area (Å²) in [6.07, 6.45) is 0.728. The lowest BCUT2D eigenvalue weighted by atomic mass is 10.3. The average molecular weight is 388 g/mol. The van der Waals surface area contributed by atoms with Crippen LogP contribution in [0.2, 0.25) is 5.02 Å². The van der Waals surface area contributed by atoms with E-state index in [4.69, 9.17) is 11.6 Å². The minimum Gasteiger partial charge on any atom is -0.300 e. The number of benzene rings is 1. The van der Waals surface area contributed by atoms with Crippen LogP contribution in [0, 0.1) is 0 Å². The molecule has 0 aliphatic heterocycles. The summed E-state index contributed by atoms with van der Waals surface area (Å²) < 4.78 is 0.869. The summed E-state index contributed by atoms with van der Waals surface area (Å²) in [6, 6.07) is 7.50. The van der Waals surface area contributed by atoms with E-state index in [9.17, 15) is 4.79 Å². The molecule has 0 aliphatic rings. The van der Waals surface area contributed by atoms with Crippen LogP contribution in [0.25, 0.3) is 0 Å². The largest absolute Gasteiger partial charge is 0.300 e. The highest BCUT2D eigenvalue weighted by atomic mass is 35.5. The monoisotopic (exact) mass is 387 g/mol. The zero-order valence-corrected chi connectivity index (χ0v) is 16.3. The Morgan fingerprint density at radius 1 is 1.26 bits per heavy atom. The molecule has 0 unspecified atom stereocenters. The van der Waals surface area contributed by atoms with Gasteiger partial charge < -0.3 is 0 Å². The number of rotatable bonds is 7. The standard InChI is InChI=1S/C15H18ClN3OS3/c1-4-12(22-11-7-5-10(16)6-8-11)13(20)17-14-18-19-15(23-14)21-9(2)3/h5-9,12H,4H2,1-3H3,(H,17,18,20)/t12-/m1/s1. The predicted octanol–water partition coefficient (Wildman–Crippen LogP) is 5.20. The van der Waals surface area contributed by atoms with Gasteiger partial charge in [0.15, 0.2) is 4.34 Å². The van der Waals surface area contributed by atoms with Crippen LogP contribution in [0.3, 0.4) is 0 Å². The molecule has 0 radical (unpaired) electrons. The predicted molar refractivity (Wildman–Crippen MR) is 101 cm³/mol. The summed E-state index contributed by atoms with van der Waals surface area (Å²) in [6.45, 7) is 6.19. The van der Waals surface area contributed by atoms with E-state index in [1.165, 1.54) is 23.1 Å². The van der Waals surface area contributed by atoms with Crippen molar-refractivity contribution >= 4 is 57.5 Å². The maximum atomic E-state index is 12.4. The molecule has 1 heterocycles. The Balaban J connectivity index is 1.96. The second-order valence-electron chi connectivity index (χ2n) is 5.00. The van der Waals surface area contributed by atoms with Crippen molar-refractivity contribution in [3.05, 3.63) is 29.3 Å². The molecule has 1 aromatic heterocycles. The van der Waals surface area contributed by atoms with Gasteiger partial charge in [0.1, 0.15) is 0 Å². The van der Waals surface area contributed by atoms with Gasteiger partial charge in [0.2, 0.25) is 11.0 Å².